The molecule has 204 valence electrons. The molecule has 40 heavy (non-hydrogen) atoms. The Morgan fingerprint density at radius 3 is 2.62 bits per heavy atom. The van der Waals surface area contributed by atoms with E-state index in [4.69, 9.17) is 5.73 Å². The standard InChI is InChI=1S/C31H31FN6O2/c1-20-4-2-3-5-23(20)18-36-14-12-28-25(19-36)30(40)38(31-34-13-15-37(28)31)17-21-6-8-22(9-7-21)29(39)35-27-11-10-24(32)16-26(27)33/h2-11,16H,12-15,17-19,33H2,1H3,(H,35,39). The van der Waals surface area contributed by atoms with Crippen LogP contribution < -0.4 is 11.1 Å². The Morgan fingerprint density at radius 2 is 1.85 bits per heavy atom. The molecule has 3 heterocycles. The Hall–Kier alpha value is -4.50. The van der Waals surface area contributed by atoms with E-state index in [1.165, 1.54) is 29.3 Å². The lowest BCUT2D eigenvalue weighted by molar-refractivity contribution is -0.125. The van der Waals surface area contributed by atoms with Crippen molar-refractivity contribution in [2.75, 3.05) is 37.2 Å². The fraction of sp³-hybridized carbons (Fsp3) is 0.258. The smallest absolute Gasteiger partial charge is 0.259 e. The molecule has 0 saturated heterocycles. The fourth-order valence-electron chi connectivity index (χ4n) is 5.57. The van der Waals surface area contributed by atoms with E-state index in [0.29, 0.717) is 36.8 Å². The summed E-state index contributed by atoms with van der Waals surface area (Å²) in [4.78, 5) is 37.6. The zero-order chi connectivity index (χ0) is 27.8. The number of amides is 2. The molecule has 3 aliphatic rings. The highest BCUT2D eigenvalue weighted by atomic mass is 19.1. The molecule has 2 amide bonds. The van der Waals surface area contributed by atoms with Gasteiger partial charge in [-0.2, -0.15) is 0 Å². The maximum absolute atomic E-state index is 13.8. The first-order valence-electron chi connectivity index (χ1n) is 13.5. The highest BCUT2D eigenvalue weighted by molar-refractivity contribution is 6.10. The van der Waals surface area contributed by atoms with Crippen LogP contribution in [0.3, 0.4) is 0 Å². The van der Waals surface area contributed by atoms with Crippen molar-refractivity contribution in [2.45, 2.75) is 26.4 Å². The number of carbonyl (C=O) groups excluding carboxylic acids is 2. The summed E-state index contributed by atoms with van der Waals surface area (Å²) in [5.74, 6) is -0.108. The van der Waals surface area contributed by atoms with Crippen molar-refractivity contribution < 1.29 is 14.0 Å². The van der Waals surface area contributed by atoms with Gasteiger partial charge in [0.1, 0.15) is 5.82 Å². The second-order valence-corrected chi connectivity index (χ2v) is 10.4. The number of fused-ring (bicyclic) bond motifs is 2. The van der Waals surface area contributed by atoms with Gasteiger partial charge in [0.2, 0.25) is 5.96 Å². The number of nitrogens with one attached hydrogen (secondary N) is 1. The molecule has 0 saturated carbocycles. The van der Waals surface area contributed by atoms with Crippen LogP contribution in [-0.4, -0.2) is 58.7 Å². The van der Waals surface area contributed by atoms with Gasteiger partial charge in [0.25, 0.3) is 11.8 Å². The van der Waals surface area contributed by atoms with Crippen LogP contribution in [0.1, 0.15) is 33.5 Å². The van der Waals surface area contributed by atoms with Crippen molar-refractivity contribution in [3.63, 3.8) is 0 Å². The van der Waals surface area contributed by atoms with E-state index in [0.717, 1.165) is 42.9 Å². The molecular formula is C31H31FN6O2. The Balaban J connectivity index is 1.17. The number of nitrogen functional groups attached to an aromatic ring is 1. The molecule has 0 spiro atoms. The minimum atomic E-state index is -0.465. The lowest BCUT2D eigenvalue weighted by Gasteiger charge is -2.42. The number of anilines is 2. The summed E-state index contributed by atoms with van der Waals surface area (Å²) < 4.78 is 13.3. The lowest BCUT2D eigenvalue weighted by Crippen LogP contribution is -2.53. The third-order valence-corrected chi connectivity index (χ3v) is 7.76. The third-order valence-electron chi connectivity index (χ3n) is 7.76. The average molecular weight is 539 g/mol. The summed E-state index contributed by atoms with van der Waals surface area (Å²) in [6.07, 6.45) is 0.822. The maximum Gasteiger partial charge on any atom is 0.259 e. The Kier molecular flexibility index (Phi) is 6.81. The van der Waals surface area contributed by atoms with Crippen molar-refractivity contribution in [3.8, 4) is 0 Å². The van der Waals surface area contributed by atoms with Crippen LogP contribution in [0.25, 0.3) is 0 Å². The second-order valence-electron chi connectivity index (χ2n) is 10.4. The Bertz CT molecular complexity index is 1550. The van der Waals surface area contributed by atoms with Gasteiger partial charge in [-0.05, 0) is 53.9 Å². The van der Waals surface area contributed by atoms with Crippen LogP contribution >= 0.6 is 0 Å². The molecule has 3 aliphatic heterocycles. The molecule has 3 aromatic rings. The van der Waals surface area contributed by atoms with Crippen LogP contribution in [-0.2, 0) is 17.9 Å². The van der Waals surface area contributed by atoms with E-state index in [-0.39, 0.29) is 17.5 Å². The van der Waals surface area contributed by atoms with Gasteiger partial charge in [-0.1, -0.05) is 36.4 Å². The average Bonchev–Trinajstić information content (AvgIpc) is 3.44. The van der Waals surface area contributed by atoms with E-state index in [1.54, 1.807) is 17.0 Å². The van der Waals surface area contributed by atoms with Gasteiger partial charge >= 0.3 is 0 Å². The first-order chi connectivity index (χ1) is 19.4. The molecule has 0 atom stereocenters. The summed E-state index contributed by atoms with van der Waals surface area (Å²) in [5.41, 5.74) is 12.1. The van der Waals surface area contributed by atoms with Gasteiger partial charge in [-0.25, -0.2) is 4.39 Å². The summed E-state index contributed by atoms with van der Waals surface area (Å²) >= 11 is 0. The predicted molar refractivity (Wildman–Crippen MR) is 153 cm³/mol. The molecule has 6 rings (SSSR count). The third kappa shape index (κ3) is 4.96. The number of rotatable bonds is 6. The second kappa shape index (κ2) is 10.6. The predicted octanol–water partition coefficient (Wildman–Crippen LogP) is 4.14. The summed E-state index contributed by atoms with van der Waals surface area (Å²) in [6.45, 7) is 6.24. The fourth-order valence-corrected chi connectivity index (χ4v) is 5.57. The molecule has 0 fully saturated rings. The normalized spacial score (nSPS) is 17.1. The van der Waals surface area contributed by atoms with Gasteiger partial charge in [0, 0.05) is 43.9 Å². The quantitative estimate of drug-likeness (QED) is 0.460. The zero-order valence-corrected chi connectivity index (χ0v) is 22.4. The molecular weight excluding hydrogens is 507 g/mol. The number of benzene rings is 3. The lowest BCUT2D eigenvalue weighted by atomic mass is 9.99. The van der Waals surface area contributed by atoms with E-state index in [9.17, 15) is 14.0 Å². The van der Waals surface area contributed by atoms with E-state index in [2.05, 4.69) is 45.2 Å². The number of hydrogen-bond donors (Lipinski definition) is 2. The Morgan fingerprint density at radius 1 is 1.05 bits per heavy atom. The number of aryl methyl sites for hydroxylation is 1. The monoisotopic (exact) mass is 538 g/mol. The highest BCUT2D eigenvalue weighted by Crippen LogP contribution is 2.32. The largest absolute Gasteiger partial charge is 0.397 e. The molecule has 3 aromatic carbocycles. The number of nitrogens with zero attached hydrogens (tertiary/aromatic N) is 4. The molecule has 0 radical (unpaired) electrons. The highest BCUT2D eigenvalue weighted by Gasteiger charge is 2.41. The van der Waals surface area contributed by atoms with Crippen LogP contribution in [0, 0.1) is 12.7 Å². The van der Waals surface area contributed by atoms with Gasteiger partial charge < -0.3 is 16.0 Å². The van der Waals surface area contributed by atoms with Crippen LogP contribution in [0.2, 0.25) is 0 Å². The topological polar surface area (TPSA) is 94.3 Å². The molecule has 8 nitrogen and oxygen atoms in total. The van der Waals surface area contributed by atoms with E-state index < -0.39 is 5.82 Å². The van der Waals surface area contributed by atoms with Gasteiger partial charge in [-0.15, -0.1) is 0 Å². The van der Waals surface area contributed by atoms with Crippen molar-refractivity contribution >= 4 is 29.1 Å². The molecule has 0 unspecified atom stereocenters. The zero-order valence-electron chi connectivity index (χ0n) is 22.4. The number of nitrogens with two attached hydrogens (primary N) is 1. The van der Waals surface area contributed by atoms with Gasteiger partial charge in [0.15, 0.2) is 0 Å². The van der Waals surface area contributed by atoms with E-state index >= 15 is 0 Å². The first kappa shape index (κ1) is 25.8. The SMILES string of the molecule is Cc1ccccc1CN1CCC2=C(C1)C(=O)N(Cc1ccc(C(=O)Nc3ccc(F)cc3N)cc1)C1=NCCN12. The Labute approximate surface area is 232 Å². The van der Waals surface area contributed by atoms with E-state index in [1.807, 2.05) is 18.2 Å². The molecule has 9 heteroatoms. The number of guanidine groups is 1. The van der Waals surface area contributed by atoms with Crippen molar-refractivity contribution in [2.24, 2.45) is 4.99 Å². The minimum absolute atomic E-state index is 0.00464. The number of hydrogen-bond acceptors (Lipinski definition) is 6. The molecule has 0 aromatic heterocycles. The summed E-state index contributed by atoms with van der Waals surface area (Å²) in [6, 6.07) is 19.3. The summed E-state index contributed by atoms with van der Waals surface area (Å²) in [7, 11) is 0. The molecule has 0 aliphatic carbocycles. The van der Waals surface area contributed by atoms with Crippen LogP contribution in [0.4, 0.5) is 15.8 Å². The van der Waals surface area contributed by atoms with Crippen molar-refractivity contribution in [1.29, 1.82) is 0 Å². The number of aliphatic imine (C=N–C) groups is 1. The first-order valence-corrected chi connectivity index (χ1v) is 13.5. The maximum atomic E-state index is 13.8. The van der Waals surface area contributed by atoms with Crippen LogP contribution in [0.5, 0.6) is 0 Å². The molecule has 0 bridgehead atoms. The molecule has 3 N–H and O–H groups in total. The summed E-state index contributed by atoms with van der Waals surface area (Å²) in [5, 5.41) is 2.72. The number of halogens is 1. The minimum Gasteiger partial charge on any atom is -0.397 e. The van der Waals surface area contributed by atoms with Crippen LogP contribution in [0.15, 0.2) is 83.0 Å². The van der Waals surface area contributed by atoms with Crippen molar-refractivity contribution in [1.82, 2.24) is 14.7 Å². The number of carbonyl (C=O) groups is 2. The van der Waals surface area contributed by atoms with Crippen molar-refractivity contribution in [3.05, 3.63) is 106 Å². The van der Waals surface area contributed by atoms with Gasteiger partial charge in [0.05, 0.1) is 30.0 Å². The van der Waals surface area contributed by atoms with Gasteiger partial charge in [-0.3, -0.25) is 24.4 Å².